The maximum atomic E-state index is 14.1. The largest absolute Gasteiger partial charge is 0.488 e. The second-order valence-electron chi connectivity index (χ2n) is 5.40. The van der Waals surface area contributed by atoms with Crippen molar-refractivity contribution in [2.75, 3.05) is 18.5 Å². The van der Waals surface area contributed by atoms with E-state index in [0.29, 0.717) is 23.7 Å². The van der Waals surface area contributed by atoms with E-state index in [1.54, 1.807) is 0 Å². The predicted molar refractivity (Wildman–Crippen MR) is 90.0 cm³/mol. The van der Waals surface area contributed by atoms with Crippen LogP contribution in [0.2, 0.25) is 0 Å². The van der Waals surface area contributed by atoms with Crippen LogP contribution in [0.25, 0.3) is 16.1 Å². The van der Waals surface area contributed by atoms with E-state index in [9.17, 15) is 9.18 Å². The number of fused-ring (bicyclic) bond motifs is 2. The molecule has 122 valence electrons. The lowest BCUT2D eigenvalue weighted by Gasteiger charge is -2.21. The third-order valence-corrected chi connectivity index (χ3v) is 4.31. The Labute approximate surface area is 140 Å². The molecule has 0 amide bonds. The highest BCUT2D eigenvalue weighted by atomic mass is 35.5. The molecule has 1 aliphatic heterocycles. The van der Waals surface area contributed by atoms with E-state index in [1.807, 2.05) is 24.3 Å². The van der Waals surface area contributed by atoms with Crippen LogP contribution < -0.4 is 15.8 Å². The summed E-state index contributed by atoms with van der Waals surface area (Å²) in [7, 11) is 0. The molecule has 7 heteroatoms. The molecule has 2 aromatic carbocycles. The van der Waals surface area contributed by atoms with Gasteiger partial charge in [-0.2, -0.15) is 0 Å². The summed E-state index contributed by atoms with van der Waals surface area (Å²) < 4.78 is 24.7. The van der Waals surface area contributed by atoms with Gasteiger partial charge in [0.25, 0.3) is 0 Å². The summed E-state index contributed by atoms with van der Waals surface area (Å²) in [6.45, 7) is 0.635. The fourth-order valence-corrected chi connectivity index (χ4v) is 2.91. The molecule has 0 unspecified atom stereocenters. The Kier molecular flexibility index (Phi) is 3.54. The normalized spacial score (nSPS) is 13.8. The van der Waals surface area contributed by atoms with Gasteiger partial charge in [-0.1, -0.05) is 23.7 Å². The number of halogens is 2. The van der Waals surface area contributed by atoms with E-state index in [-0.39, 0.29) is 11.3 Å². The van der Waals surface area contributed by atoms with Crippen molar-refractivity contribution >= 4 is 33.4 Å². The third-order valence-electron chi connectivity index (χ3n) is 3.84. The minimum atomic E-state index is -0.621. The Morgan fingerprint density at radius 3 is 3.00 bits per heavy atom. The molecule has 1 aliphatic rings. The summed E-state index contributed by atoms with van der Waals surface area (Å²) in [5, 5.41) is 3.57. The second kappa shape index (κ2) is 5.72. The Bertz CT molecular complexity index is 1020. The maximum Gasteiger partial charge on any atom is 0.417 e. The zero-order chi connectivity index (χ0) is 16.7. The number of hydrogen-bond donors (Lipinski definition) is 2. The second-order valence-corrected chi connectivity index (χ2v) is 5.78. The van der Waals surface area contributed by atoms with Gasteiger partial charge in [-0.25, -0.2) is 9.18 Å². The number of aromatic nitrogens is 1. The van der Waals surface area contributed by atoms with Crippen LogP contribution in [0.3, 0.4) is 0 Å². The number of benzene rings is 2. The summed E-state index contributed by atoms with van der Waals surface area (Å²) in [6, 6.07) is 10.1. The number of oxazole rings is 1. The molecule has 1 aromatic heterocycles. The molecule has 0 atom stereocenters. The number of anilines is 1. The standard InChI is InChI=1S/C17H12ClFN2O3/c18-16-9(8-23-14-4-2-1-3-10(14)16)7-20-12-6-15-13(5-11(12)19)21-17(22)24-15/h1-6,20H,7-8H2,(H,21,22). The van der Waals surface area contributed by atoms with E-state index in [4.69, 9.17) is 20.8 Å². The van der Waals surface area contributed by atoms with E-state index in [2.05, 4.69) is 10.3 Å². The van der Waals surface area contributed by atoms with Crippen molar-refractivity contribution in [1.82, 2.24) is 4.98 Å². The lowest BCUT2D eigenvalue weighted by atomic mass is 10.1. The molecular formula is C17H12ClFN2O3. The number of ether oxygens (including phenoxy) is 1. The topological polar surface area (TPSA) is 67.3 Å². The predicted octanol–water partition coefficient (Wildman–Crippen LogP) is 3.71. The fourth-order valence-electron chi connectivity index (χ4n) is 2.63. The van der Waals surface area contributed by atoms with Crippen molar-refractivity contribution in [2.24, 2.45) is 0 Å². The van der Waals surface area contributed by atoms with Crippen LogP contribution in [-0.2, 0) is 0 Å². The van der Waals surface area contributed by atoms with Crippen LogP contribution in [0.15, 0.2) is 51.2 Å². The molecule has 0 saturated heterocycles. The molecule has 0 radical (unpaired) electrons. The number of para-hydroxylation sites is 1. The van der Waals surface area contributed by atoms with Crippen molar-refractivity contribution in [1.29, 1.82) is 0 Å². The number of H-pyrrole nitrogens is 1. The molecule has 0 aliphatic carbocycles. The number of aromatic amines is 1. The number of nitrogens with one attached hydrogen (secondary N) is 2. The van der Waals surface area contributed by atoms with Gasteiger partial charge >= 0.3 is 5.76 Å². The molecule has 24 heavy (non-hydrogen) atoms. The van der Waals surface area contributed by atoms with Gasteiger partial charge in [0.1, 0.15) is 18.2 Å². The summed E-state index contributed by atoms with van der Waals surface area (Å²) >= 11 is 6.42. The lowest BCUT2D eigenvalue weighted by Crippen LogP contribution is -2.17. The van der Waals surface area contributed by atoms with E-state index >= 15 is 0 Å². The Morgan fingerprint density at radius 2 is 2.12 bits per heavy atom. The molecule has 0 bridgehead atoms. The monoisotopic (exact) mass is 346 g/mol. The summed E-state index contributed by atoms with van der Waals surface area (Å²) in [4.78, 5) is 13.6. The van der Waals surface area contributed by atoms with Gasteiger partial charge in [0.15, 0.2) is 5.58 Å². The van der Waals surface area contributed by atoms with Gasteiger partial charge < -0.3 is 14.5 Å². The van der Waals surface area contributed by atoms with Crippen molar-refractivity contribution in [3.63, 3.8) is 0 Å². The third kappa shape index (κ3) is 2.55. The minimum Gasteiger partial charge on any atom is -0.488 e. The van der Waals surface area contributed by atoms with E-state index in [0.717, 1.165) is 16.9 Å². The van der Waals surface area contributed by atoms with Crippen LogP contribution in [0.1, 0.15) is 5.56 Å². The summed E-state index contributed by atoms with van der Waals surface area (Å²) in [5.41, 5.74) is 2.45. The molecule has 3 aromatic rings. The fraction of sp³-hybridized carbons (Fsp3) is 0.118. The molecule has 0 saturated carbocycles. The Morgan fingerprint density at radius 1 is 1.29 bits per heavy atom. The average molecular weight is 347 g/mol. The lowest BCUT2D eigenvalue weighted by molar-refractivity contribution is 0.346. The van der Waals surface area contributed by atoms with Crippen LogP contribution in [0.5, 0.6) is 5.75 Å². The van der Waals surface area contributed by atoms with E-state index in [1.165, 1.54) is 12.1 Å². The molecular weight excluding hydrogens is 335 g/mol. The Balaban J connectivity index is 1.61. The van der Waals surface area contributed by atoms with Crippen molar-refractivity contribution < 1.29 is 13.5 Å². The van der Waals surface area contributed by atoms with Crippen molar-refractivity contribution in [2.45, 2.75) is 0 Å². The highest BCUT2D eigenvalue weighted by Crippen LogP contribution is 2.35. The molecule has 0 fully saturated rings. The summed E-state index contributed by atoms with van der Waals surface area (Å²) in [5.74, 6) is -0.383. The average Bonchev–Trinajstić information content (AvgIpc) is 2.93. The molecule has 0 spiro atoms. The minimum absolute atomic E-state index is 0.223. The van der Waals surface area contributed by atoms with Gasteiger partial charge in [-0.15, -0.1) is 0 Å². The smallest absolute Gasteiger partial charge is 0.417 e. The zero-order valence-electron chi connectivity index (χ0n) is 12.4. The van der Waals surface area contributed by atoms with Crippen LogP contribution >= 0.6 is 11.6 Å². The van der Waals surface area contributed by atoms with Crippen molar-refractivity contribution in [3.05, 3.63) is 63.9 Å². The van der Waals surface area contributed by atoms with Crippen molar-refractivity contribution in [3.8, 4) is 5.75 Å². The zero-order valence-corrected chi connectivity index (χ0v) is 13.1. The van der Waals surface area contributed by atoms with Crippen LogP contribution in [0, 0.1) is 5.82 Å². The van der Waals surface area contributed by atoms with E-state index < -0.39 is 11.6 Å². The maximum absolute atomic E-state index is 14.1. The molecule has 2 N–H and O–H groups in total. The first-order valence-electron chi connectivity index (χ1n) is 7.28. The van der Waals surface area contributed by atoms with Crippen LogP contribution in [-0.4, -0.2) is 18.1 Å². The molecule has 5 nitrogen and oxygen atoms in total. The highest BCUT2D eigenvalue weighted by molar-refractivity contribution is 6.49. The first-order chi connectivity index (χ1) is 11.6. The number of hydrogen-bond acceptors (Lipinski definition) is 4. The Hall–Kier alpha value is -2.73. The van der Waals surface area contributed by atoms with Gasteiger partial charge in [0.2, 0.25) is 0 Å². The van der Waals surface area contributed by atoms with Crippen LogP contribution in [0.4, 0.5) is 10.1 Å². The first kappa shape index (κ1) is 14.8. The van der Waals surface area contributed by atoms with Gasteiger partial charge in [-0.3, -0.25) is 4.98 Å². The van der Waals surface area contributed by atoms with Gasteiger partial charge in [0.05, 0.1) is 16.2 Å². The first-order valence-corrected chi connectivity index (χ1v) is 7.65. The molecule has 2 heterocycles. The highest BCUT2D eigenvalue weighted by Gasteiger charge is 2.18. The van der Waals surface area contributed by atoms with Gasteiger partial charge in [-0.05, 0) is 12.1 Å². The summed E-state index contributed by atoms with van der Waals surface area (Å²) in [6.07, 6.45) is 0. The molecule has 4 rings (SSSR count). The SMILES string of the molecule is O=c1[nH]c2cc(F)c(NCC3=C(Cl)c4ccccc4OC3)cc2o1. The van der Waals surface area contributed by atoms with Gasteiger partial charge in [0, 0.05) is 29.8 Å². The number of rotatable bonds is 3. The quantitative estimate of drug-likeness (QED) is 0.758.